The van der Waals surface area contributed by atoms with Gasteiger partial charge in [-0.3, -0.25) is 9.59 Å². The number of methoxy groups -OCH3 is 1. The van der Waals surface area contributed by atoms with Crippen LogP contribution in [0.15, 0.2) is 12.1 Å². The molecule has 21 heavy (non-hydrogen) atoms. The minimum Gasteiger partial charge on any atom is -0.469 e. The molecule has 0 unspecified atom stereocenters. The van der Waals surface area contributed by atoms with Gasteiger partial charge in [-0.1, -0.05) is 11.6 Å². The number of hydrogen-bond acceptors (Lipinski definition) is 4. The van der Waals surface area contributed by atoms with Gasteiger partial charge in [-0.05, 0) is 25.5 Å². The molecule has 5 nitrogen and oxygen atoms in total. The van der Waals surface area contributed by atoms with Gasteiger partial charge in [0, 0.05) is 18.1 Å². The van der Waals surface area contributed by atoms with Crippen molar-refractivity contribution in [1.29, 1.82) is 0 Å². The highest BCUT2D eigenvalue weighted by atomic mass is 35.5. The van der Waals surface area contributed by atoms with E-state index in [0.717, 1.165) is 6.07 Å². The summed E-state index contributed by atoms with van der Waals surface area (Å²) in [5.41, 5.74) is 4.62. The molecule has 0 aliphatic carbocycles. The third-order valence-electron chi connectivity index (χ3n) is 3.76. The fourth-order valence-corrected chi connectivity index (χ4v) is 2.68. The molecule has 1 aromatic rings. The lowest BCUT2D eigenvalue weighted by Crippen LogP contribution is -2.36. The lowest BCUT2D eigenvalue weighted by Gasteiger charge is -2.22. The zero-order valence-corrected chi connectivity index (χ0v) is 12.5. The van der Waals surface area contributed by atoms with Crippen LogP contribution in [0.25, 0.3) is 0 Å². The molecule has 0 spiro atoms. The summed E-state index contributed by atoms with van der Waals surface area (Å²) in [7, 11) is 1.31. The van der Waals surface area contributed by atoms with Crippen molar-refractivity contribution in [2.45, 2.75) is 13.3 Å². The van der Waals surface area contributed by atoms with E-state index in [1.165, 1.54) is 18.1 Å². The average Bonchev–Trinajstić information content (AvgIpc) is 2.85. The van der Waals surface area contributed by atoms with Crippen LogP contribution < -0.4 is 5.73 Å². The summed E-state index contributed by atoms with van der Waals surface area (Å²) in [5, 5.41) is 0.0972. The third kappa shape index (κ3) is 2.81. The molecule has 1 heterocycles. The fraction of sp³-hybridized carbons (Fsp3) is 0.429. The van der Waals surface area contributed by atoms with Gasteiger partial charge in [0.15, 0.2) is 0 Å². The van der Waals surface area contributed by atoms with Crippen LogP contribution in [0.3, 0.4) is 0 Å². The van der Waals surface area contributed by atoms with Crippen molar-refractivity contribution in [3.8, 4) is 0 Å². The number of amides is 1. The van der Waals surface area contributed by atoms with Crippen LogP contribution in [0, 0.1) is 11.2 Å². The maximum absolute atomic E-state index is 13.6. The molecule has 7 heteroatoms. The topological polar surface area (TPSA) is 72.6 Å². The number of likely N-dealkylation sites (tertiary alicyclic amines) is 1. The zero-order chi connectivity index (χ0) is 15.8. The van der Waals surface area contributed by atoms with Crippen molar-refractivity contribution in [3.63, 3.8) is 0 Å². The Labute approximate surface area is 126 Å². The minimum absolute atomic E-state index is 0.00844. The molecule has 0 bridgehead atoms. The average molecular weight is 315 g/mol. The number of hydrogen-bond donors (Lipinski definition) is 1. The van der Waals surface area contributed by atoms with E-state index in [1.54, 1.807) is 6.92 Å². The summed E-state index contributed by atoms with van der Waals surface area (Å²) in [6.07, 6.45) is 0.481. The van der Waals surface area contributed by atoms with Gasteiger partial charge in [0.25, 0.3) is 5.91 Å². The zero-order valence-electron chi connectivity index (χ0n) is 11.8. The first kappa shape index (κ1) is 15.6. The number of carbonyl (C=O) groups is 2. The Morgan fingerprint density at radius 2 is 2.14 bits per heavy atom. The number of nitrogen functional groups attached to an aromatic ring is 1. The number of rotatable bonds is 2. The summed E-state index contributed by atoms with van der Waals surface area (Å²) in [5.74, 6) is -1.55. The first-order valence-corrected chi connectivity index (χ1v) is 6.78. The Hall–Kier alpha value is -1.82. The van der Waals surface area contributed by atoms with E-state index in [0.29, 0.717) is 13.0 Å². The second kappa shape index (κ2) is 5.52. The van der Waals surface area contributed by atoms with Crippen molar-refractivity contribution in [2.24, 2.45) is 5.41 Å². The van der Waals surface area contributed by atoms with Crippen molar-refractivity contribution < 1.29 is 18.7 Å². The Bertz CT molecular complexity index is 608. The van der Waals surface area contributed by atoms with Gasteiger partial charge in [-0.15, -0.1) is 0 Å². The molecular formula is C14H16ClFN2O3. The normalized spacial score (nSPS) is 21.4. The predicted molar refractivity (Wildman–Crippen MR) is 76.5 cm³/mol. The molecule has 114 valence electrons. The van der Waals surface area contributed by atoms with Crippen LogP contribution in [0.1, 0.15) is 23.7 Å². The van der Waals surface area contributed by atoms with Crippen LogP contribution in [-0.4, -0.2) is 37.0 Å². The van der Waals surface area contributed by atoms with Crippen molar-refractivity contribution in [3.05, 3.63) is 28.5 Å². The molecule has 0 saturated carbocycles. The number of carbonyl (C=O) groups excluding carboxylic acids is 2. The summed E-state index contributed by atoms with van der Waals surface area (Å²) in [6, 6.07) is 2.38. The monoisotopic (exact) mass is 314 g/mol. The Morgan fingerprint density at radius 3 is 2.76 bits per heavy atom. The van der Waals surface area contributed by atoms with Crippen LogP contribution in [0.5, 0.6) is 0 Å². The maximum atomic E-state index is 13.6. The molecule has 2 N–H and O–H groups in total. The molecule has 1 aliphatic rings. The van der Waals surface area contributed by atoms with Gasteiger partial charge in [-0.25, -0.2) is 4.39 Å². The van der Waals surface area contributed by atoms with E-state index in [4.69, 9.17) is 22.1 Å². The van der Waals surface area contributed by atoms with Crippen LogP contribution in [0.4, 0.5) is 10.1 Å². The summed E-state index contributed by atoms with van der Waals surface area (Å²) in [4.78, 5) is 25.6. The van der Waals surface area contributed by atoms with E-state index in [9.17, 15) is 14.0 Å². The SMILES string of the molecule is COC(=O)[C@]1(C)CCN(C(=O)c2cc(Cl)cc(F)c2N)C1. The molecule has 1 atom stereocenters. The van der Waals surface area contributed by atoms with Crippen LogP contribution >= 0.6 is 11.6 Å². The second-order valence-electron chi connectivity index (χ2n) is 5.38. The summed E-state index contributed by atoms with van der Waals surface area (Å²) < 4.78 is 18.3. The number of esters is 1. The van der Waals surface area contributed by atoms with Crippen molar-refractivity contribution >= 4 is 29.2 Å². The number of nitrogens with zero attached hydrogens (tertiary/aromatic N) is 1. The standard InChI is InChI=1S/C14H16ClFN2O3/c1-14(13(20)21-2)3-4-18(7-14)12(19)9-5-8(15)6-10(16)11(9)17/h5-6H,3-4,7,17H2,1-2H3/t14-/m1/s1. The van der Waals surface area contributed by atoms with E-state index in [1.807, 2.05) is 0 Å². The molecule has 2 rings (SSSR count). The molecule has 1 amide bonds. The quantitative estimate of drug-likeness (QED) is 0.670. The molecular weight excluding hydrogens is 299 g/mol. The Kier molecular flexibility index (Phi) is 4.09. The van der Waals surface area contributed by atoms with E-state index < -0.39 is 17.1 Å². The molecule has 0 aromatic heterocycles. The van der Waals surface area contributed by atoms with Crippen LogP contribution in [-0.2, 0) is 9.53 Å². The third-order valence-corrected chi connectivity index (χ3v) is 3.98. The molecule has 1 fully saturated rings. The fourth-order valence-electron chi connectivity index (χ4n) is 2.48. The van der Waals surface area contributed by atoms with Crippen molar-refractivity contribution in [1.82, 2.24) is 4.90 Å². The molecule has 0 radical (unpaired) electrons. The minimum atomic E-state index is -0.754. The van der Waals surface area contributed by atoms with Gasteiger partial charge in [0.1, 0.15) is 5.82 Å². The lowest BCUT2D eigenvalue weighted by molar-refractivity contribution is -0.150. The molecule has 1 aliphatic heterocycles. The van der Waals surface area contributed by atoms with Gasteiger partial charge in [0.05, 0.1) is 23.8 Å². The number of halogens is 2. The number of anilines is 1. The summed E-state index contributed by atoms with van der Waals surface area (Å²) in [6.45, 7) is 2.30. The first-order chi connectivity index (χ1) is 9.78. The smallest absolute Gasteiger partial charge is 0.313 e. The van der Waals surface area contributed by atoms with Gasteiger partial charge >= 0.3 is 5.97 Å². The number of nitrogens with two attached hydrogens (primary N) is 1. The highest BCUT2D eigenvalue weighted by Gasteiger charge is 2.43. The lowest BCUT2D eigenvalue weighted by atomic mass is 9.90. The van der Waals surface area contributed by atoms with Gasteiger partial charge in [-0.2, -0.15) is 0 Å². The second-order valence-corrected chi connectivity index (χ2v) is 5.81. The molecule has 1 saturated heterocycles. The highest BCUT2D eigenvalue weighted by molar-refractivity contribution is 6.31. The Balaban J connectivity index is 2.25. The summed E-state index contributed by atoms with van der Waals surface area (Å²) >= 11 is 5.76. The van der Waals surface area contributed by atoms with Crippen molar-refractivity contribution in [2.75, 3.05) is 25.9 Å². The highest BCUT2D eigenvalue weighted by Crippen LogP contribution is 2.33. The number of benzene rings is 1. The van der Waals surface area contributed by atoms with E-state index >= 15 is 0 Å². The van der Waals surface area contributed by atoms with E-state index in [-0.39, 0.29) is 28.8 Å². The number of ether oxygens (including phenoxy) is 1. The van der Waals surface area contributed by atoms with Gasteiger partial charge in [0.2, 0.25) is 0 Å². The largest absolute Gasteiger partial charge is 0.469 e. The Morgan fingerprint density at radius 1 is 1.48 bits per heavy atom. The van der Waals surface area contributed by atoms with Gasteiger partial charge < -0.3 is 15.4 Å². The van der Waals surface area contributed by atoms with Crippen LogP contribution in [0.2, 0.25) is 5.02 Å². The molecule has 1 aromatic carbocycles. The predicted octanol–water partition coefficient (Wildman–Crippen LogP) is 2.09. The van der Waals surface area contributed by atoms with E-state index in [2.05, 4.69) is 0 Å². The maximum Gasteiger partial charge on any atom is 0.313 e. The first-order valence-electron chi connectivity index (χ1n) is 6.41.